The average Bonchev–Trinajstić information content (AvgIpc) is 2.69. The van der Waals surface area contributed by atoms with Crippen LogP contribution in [-0.2, 0) is 6.42 Å². The van der Waals surface area contributed by atoms with Crippen LogP contribution in [0.2, 0.25) is 5.15 Å². The molecule has 0 aromatic carbocycles. The maximum atomic E-state index is 10.8. The summed E-state index contributed by atoms with van der Waals surface area (Å²) in [5.41, 5.74) is -0.0773. The Morgan fingerprint density at radius 2 is 2.31 bits per heavy atom. The summed E-state index contributed by atoms with van der Waals surface area (Å²) in [4.78, 5) is 19.7. The third-order valence-corrected chi connectivity index (χ3v) is 2.94. The lowest BCUT2D eigenvalue weighted by Crippen LogP contribution is -2.05. The maximum absolute atomic E-state index is 10.8. The van der Waals surface area contributed by atoms with Crippen molar-refractivity contribution >= 4 is 28.9 Å². The van der Waals surface area contributed by atoms with Gasteiger partial charge in [-0.2, -0.15) is 0 Å². The molecule has 82 valence electrons. The normalized spacial score (nSPS) is 10.3. The fourth-order valence-corrected chi connectivity index (χ4v) is 2.12. The van der Waals surface area contributed by atoms with Crippen LogP contribution in [0.25, 0.3) is 0 Å². The van der Waals surface area contributed by atoms with Crippen molar-refractivity contribution in [1.82, 2.24) is 9.97 Å². The van der Waals surface area contributed by atoms with Crippen LogP contribution in [-0.4, -0.2) is 21.0 Å². The van der Waals surface area contributed by atoms with Crippen molar-refractivity contribution < 1.29 is 9.90 Å². The number of hydrogen-bond donors (Lipinski definition) is 1. The van der Waals surface area contributed by atoms with E-state index in [4.69, 9.17) is 16.7 Å². The summed E-state index contributed by atoms with van der Waals surface area (Å²) in [6, 6.07) is 5.10. The van der Waals surface area contributed by atoms with Gasteiger partial charge in [0, 0.05) is 17.4 Å². The maximum Gasteiger partial charge on any atom is 0.354 e. The first-order valence-electron chi connectivity index (χ1n) is 4.44. The molecular formula is C10H7ClN2O2S. The van der Waals surface area contributed by atoms with Gasteiger partial charge in [-0.15, -0.1) is 11.3 Å². The zero-order valence-electron chi connectivity index (χ0n) is 8.05. The van der Waals surface area contributed by atoms with Gasteiger partial charge in [-0.25, -0.2) is 14.8 Å². The van der Waals surface area contributed by atoms with Crippen molar-refractivity contribution in [3.8, 4) is 0 Å². The van der Waals surface area contributed by atoms with Gasteiger partial charge in [-0.05, 0) is 11.4 Å². The molecule has 0 atom stereocenters. The molecule has 2 heterocycles. The van der Waals surface area contributed by atoms with Crippen molar-refractivity contribution in [1.29, 1.82) is 0 Å². The number of halogens is 1. The van der Waals surface area contributed by atoms with E-state index >= 15 is 0 Å². The third kappa shape index (κ3) is 2.56. The molecule has 2 aromatic heterocycles. The molecule has 2 rings (SSSR count). The molecule has 0 radical (unpaired) electrons. The Kier molecular flexibility index (Phi) is 3.17. The quantitative estimate of drug-likeness (QED) is 0.855. The molecule has 0 aliphatic carbocycles. The second-order valence-corrected chi connectivity index (χ2v) is 4.47. The highest BCUT2D eigenvalue weighted by Gasteiger charge is 2.10. The number of hydrogen-bond acceptors (Lipinski definition) is 4. The zero-order chi connectivity index (χ0) is 11.5. The highest BCUT2D eigenvalue weighted by molar-refractivity contribution is 7.09. The van der Waals surface area contributed by atoms with Crippen LogP contribution < -0.4 is 0 Å². The van der Waals surface area contributed by atoms with Crippen LogP contribution in [0, 0.1) is 0 Å². The molecule has 4 nitrogen and oxygen atoms in total. The van der Waals surface area contributed by atoms with E-state index in [1.54, 1.807) is 11.3 Å². The summed E-state index contributed by atoms with van der Waals surface area (Å²) in [6.45, 7) is 0. The predicted molar refractivity (Wildman–Crippen MR) is 61.1 cm³/mol. The minimum atomic E-state index is -1.10. The Hall–Kier alpha value is -1.46. The van der Waals surface area contributed by atoms with Gasteiger partial charge in [-0.3, -0.25) is 0 Å². The van der Waals surface area contributed by atoms with Crippen molar-refractivity contribution in [3.05, 3.63) is 45.1 Å². The lowest BCUT2D eigenvalue weighted by molar-refractivity contribution is 0.0690. The van der Waals surface area contributed by atoms with Crippen molar-refractivity contribution in [3.63, 3.8) is 0 Å². The number of carboxylic acid groups (broad SMARTS) is 1. The van der Waals surface area contributed by atoms with E-state index in [1.807, 2.05) is 17.5 Å². The molecule has 2 aromatic rings. The molecule has 0 amide bonds. The molecule has 0 aliphatic heterocycles. The van der Waals surface area contributed by atoms with Crippen molar-refractivity contribution in [2.75, 3.05) is 0 Å². The largest absolute Gasteiger partial charge is 0.477 e. The van der Waals surface area contributed by atoms with Crippen molar-refractivity contribution in [2.24, 2.45) is 0 Å². The van der Waals surface area contributed by atoms with Crippen LogP contribution >= 0.6 is 22.9 Å². The Morgan fingerprint density at radius 1 is 1.50 bits per heavy atom. The van der Waals surface area contributed by atoms with E-state index < -0.39 is 5.97 Å². The number of carbonyl (C=O) groups is 1. The summed E-state index contributed by atoms with van der Waals surface area (Å²) in [7, 11) is 0. The van der Waals surface area contributed by atoms with Crippen molar-refractivity contribution in [2.45, 2.75) is 6.42 Å². The van der Waals surface area contributed by atoms with Gasteiger partial charge in [-0.1, -0.05) is 17.7 Å². The highest BCUT2D eigenvalue weighted by atomic mass is 35.5. The van der Waals surface area contributed by atoms with Gasteiger partial charge in [0.1, 0.15) is 11.0 Å². The standard InChI is InChI=1S/C10H7ClN2O2S/c11-8-5-7(10(14)15)12-9(13-8)4-6-2-1-3-16-6/h1-3,5H,4H2,(H,14,15). The molecule has 0 aliphatic rings. The van der Waals surface area contributed by atoms with Gasteiger partial charge in [0.2, 0.25) is 0 Å². The van der Waals surface area contributed by atoms with Gasteiger partial charge in [0.25, 0.3) is 0 Å². The summed E-state index contributed by atoms with van der Waals surface area (Å²) in [5, 5.41) is 10.9. The third-order valence-electron chi connectivity index (χ3n) is 1.87. The lowest BCUT2D eigenvalue weighted by atomic mass is 10.3. The summed E-state index contributed by atoms with van der Waals surface area (Å²) >= 11 is 7.29. The Balaban J connectivity index is 2.31. The number of nitrogens with zero attached hydrogens (tertiary/aromatic N) is 2. The smallest absolute Gasteiger partial charge is 0.354 e. The molecule has 6 heteroatoms. The molecule has 1 N–H and O–H groups in total. The van der Waals surface area contributed by atoms with E-state index in [2.05, 4.69) is 9.97 Å². The topological polar surface area (TPSA) is 63.1 Å². The molecule has 0 unspecified atom stereocenters. The van der Waals surface area contributed by atoms with Crippen LogP contribution in [0.3, 0.4) is 0 Å². The predicted octanol–water partition coefficient (Wildman–Crippen LogP) is 2.48. The second-order valence-electron chi connectivity index (χ2n) is 3.05. The average molecular weight is 255 g/mol. The molecular weight excluding hydrogens is 248 g/mol. The number of aromatic nitrogens is 2. The van der Waals surface area contributed by atoms with Crippen LogP contribution in [0.5, 0.6) is 0 Å². The number of aromatic carboxylic acids is 1. The van der Waals surface area contributed by atoms with Crippen LogP contribution in [0.4, 0.5) is 0 Å². The molecule has 0 spiro atoms. The lowest BCUT2D eigenvalue weighted by Gasteiger charge is -2.00. The summed E-state index contributed by atoms with van der Waals surface area (Å²) in [5.74, 6) is -0.677. The number of rotatable bonds is 3. The van der Waals surface area contributed by atoms with E-state index in [1.165, 1.54) is 6.07 Å². The minimum Gasteiger partial charge on any atom is -0.477 e. The SMILES string of the molecule is O=C(O)c1cc(Cl)nc(Cc2cccs2)n1. The van der Waals surface area contributed by atoms with E-state index in [0.717, 1.165) is 4.88 Å². The first-order chi connectivity index (χ1) is 7.65. The molecule has 16 heavy (non-hydrogen) atoms. The van der Waals surface area contributed by atoms with Gasteiger partial charge in [0.05, 0.1) is 0 Å². The monoisotopic (exact) mass is 254 g/mol. The fourth-order valence-electron chi connectivity index (χ4n) is 1.22. The molecule has 0 saturated carbocycles. The molecule has 0 saturated heterocycles. The molecule has 0 bridgehead atoms. The Morgan fingerprint density at radius 3 is 2.94 bits per heavy atom. The van der Waals surface area contributed by atoms with Gasteiger partial charge in [0.15, 0.2) is 5.69 Å². The summed E-state index contributed by atoms with van der Waals surface area (Å²) in [6.07, 6.45) is 0.499. The zero-order valence-corrected chi connectivity index (χ0v) is 9.63. The highest BCUT2D eigenvalue weighted by Crippen LogP contribution is 2.14. The number of carboxylic acids is 1. The van der Waals surface area contributed by atoms with E-state index in [-0.39, 0.29) is 10.8 Å². The van der Waals surface area contributed by atoms with Gasteiger partial charge >= 0.3 is 5.97 Å². The fraction of sp³-hybridized carbons (Fsp3) is 0.100. The minimum absolute atomic E-state index is 0.0773. The van der Waals surface area contributed by atoms with E-state index in [0.29, 0.717) is 12.2 Å². The second kappa shape index (κ2) is 4.59. The van der Waals surface area contributed by atoms with E-state index in [9.17, 15) is 4.79 Å². The summed E-state index contributed by atoms with van der Waals surface area (Å²) < 4.78 is 0. The van der Waals surface area contributed by atoms with Crippen LogP contribution in [0.15, 0.2) is 23.6 Å². The molecule has 0 fully saturated rings. The number of thiophene rings is 1. The first kappa shape index (κ1) is 11.0. The van der Waals surface area contributed by atoms with Crippen LogP contribution in [0.1, 0.15) is 21.2 Å². The first-order valence-corrected chi connectivity index (χ1v) is 5.70. The van der Waals surface area contributed by atoms with Gasteiger partial charge < -0.3 is 5.11 Å². The Bertz CT molecular complexity index is 514. The Labute approximate surface area is 101 Å².